The van der Waals surface area contributed by atoms with Crippen LogP contribution < -0.4 is 5.32 Å². The number of benzene rings is 3. The van der Waals surface area contributed by atoms with Gasteiger partial charge in [-0.25, -0.2) is 9.18 Å². The molecule has 0 bridgehead atoms. The zero-order valence-corrected chi connectivity index (χ0v) is 16.0. The van der Waals surface area contributed by atoms with Gasteiger partial charge in [-0.1, -0.05) is 66.7 Å². The number of rotatable bonds is 8. The second-order valence-corrected chi connectivity index (χ2v) is 6.86. The number of carboxylic acids is 1. The van der Waals surface area contributed by atoms with Crippen LogP contribution in [0.5, 0.6) is 0 Å². The first-order valence-corrected chi connectivity index (χ1v) is 9.37. The molecule has 152 valence electrons. The molecule has 0 saturated heterocycles. The van der Waals surface area contributed by atoms with Crippen molar-refractivity contribution in [1.82, 2.24) is 5.32 Å². The molecule has 0 aliphatic carbocycles. The van der Waals surface area contributed by atoms with Gasteiger partial charge in [0, 0.05) is 17.5 Å². The van der Waals surface area contributed by atoms with Crippen LogP contribution in [0.3, 0.4) is 0 Å². The Labute approximate surface area is 173 Å². The molecule has 1 amide bonds. The van der Waals surface area contributed by atoms with Crippen molar-refractivity contribution < 1.29 is 23.9 Å². The maximum Gasteiger partial charge on any atom is 0.326 e. The highest BCUT2D eigenvalue weighted by Crippen LogP contribution is 2.13. The summed E-state index contributed by atoms with van der Waals surface area (Å²) in [6.45, 7) is 0. The van der Waals surface area contributed by atoms with E-state index in [0.717, 1.165) is 0 Å². The van der Waals surface area contributed by atoms with Gasteiger partial charge >= 0.3 is 5.97 Å². The van der Waals surface area contributed by atoms with Crippen molar-refractivity contribution in [1.29, 1.82) is 0 Å². The molecule has 0 unspecified atom stereocenters. The van der Waals surface area contributed by atoms with Crippen molar-refractivity contribution in [3.8, 4) is 0 Å². The van der Waals surface area contributed by atoms with Crippen molar-refractivity contribution in [2.24, 2.45) is 0 Å². The molecule has 0 heterocycles. The van der Waals surface area contributed by atoms with Gasteiger partial charge in [0.05, 0.1) is 6.42 Å². The number of carbonyl (C=O) groups excluding carboxylic acids is 2. The number of hydrogen-bond donors (Lipinski definition) is 2. The summed E-state index contributed by atoms with van der Waals surface area (Å²) in [7, 11) is 0. The van der Waals surface area contributed by atoms with Gasteiger partial charge in [-0.15, -0.1) is 0 Å². The molecule has 2 N–H and O–H groups in total. The molecule has 30 heavy (non-hydrogen) atoms. The Morgan fingerprint density at radius 2 is 1.37 bits per heavy atom. The Kier molecular flexibility index (Phi) is 6.70. The zero-order valence-electron chi connectivity index (χ0n) is 16.0. The van der Waals surface area contributed by atoms with Crippen molar-refractivity contribution in [2.45, 2.75) is 18.9 Å². The number of carbonyl (C=O) groups is 3. The van der Waals surface area contributed by atoms with E-state index >= 15 is 0 Å². The van der Waals surface area contributed by atoms with Crippen LogP contribution in [-0.4, -0.2) is 28.8 Å². The molecule has 0 fully saturated rings. The molecule has 0 aromatic heterocycles. The highest BCUT2D eigenvalue weighted by molar-refractivity contribution is 6.08. The molecule has 0 spiro atoms. The SMILES string of the molecule is O=C(Cc1ccc(F)cc1)N[C@@H](Cc1ccc(C(=O)c2ccccc2)cc1)C(=O)O. The van der Waals surface area contributed by atoms with E-state index in [2.05, 4.69) is 5.32 Å². The quantitative estimate of drug-likeness (QED) is 0.563. The molecule has 0 aliphatic rings. The average molecular weight is 405 g/mol. The van der Waals surface area contributed by atoms with E-state index < -0.39 is 23.7 Å². The van der Waals surface area contributed by atoms with Crippen LogP contribution in [0, 0.1) is 5.82 Å². The maximum absolute atomic E-state index is 13.0. The fourth-order valence-electron chi connectivity index (χ4n) is 3.02. The molecule has 3 aromatic carbocycles. The summed E-state index contributed by atoms with van der Waals surface area (Å²) in [5, 5.41) is 12.0. The first-order valence-electron chi connectivity index (χ1n) is 9.37. The van der Waals surface area contributed by atoms with Crippen LogP contribution in [-0.2, 0) is 22.4 Å². The van der Waals surface area contributed by atoms with E-state index in [9.17, 15) is 23.9 Å². The summed E-state index contributed by atoms with van der Waals surface area (Å²) in [5.41, 5.74) is 2.33. The highest BCUT2D eigenvalue weighted by atomic mass is 19.1. The zero-order chi connectivity index (χ0) is 21.5. The standard InChI is InChI=1S/C24H20FNO4/c25-20-12-8-17(9-13-20)15-22(27)26-21(24(29)30)14-16-6-10-19(11-7-16)23(28)18-4-2-1-3-5-18/h1-13,21H,14-15H2,(H,26,27)(H,29,30)/t21-/m0/s1. The van der Waals surface area contributed by atoms with E-state index in [1.54, 1.807) is 48.5 Å². The Morgan fingerprint density at radius 1 is 0.800 bits per heavy atom. The van der Waals surface area contributed by atoms with E-state index in [0.29, 0.717) is 22.3 Å². The summed E-state index contributed by atoms with van der Waals surface area (Å²) in [6.07, 6.45) is 0.0267. The second kappa shape index (κ2) is 9.60. The van der Waals surface area contributed by atoms with Crippen LogP contribution in [0.15, 0.2) is 78.9 Å². The van der Waals surface area contributed by atoms with Gasteiger partial charge in [0.25, 0.3) is 0 Å². The lowest BCUT2D eigenvalue weighted by Gasteiger charge is -2.15. The summed E-state index contributed by atoms with van der Waals surface area (Å²) in [5.74, 6) is -2.15. The molecule has 6 heteroatoms. The number of halogens is 1. The Bertz CT molecular complexity index is 1030. The number of aliphatic carboxylic acids is 1. The lowest BCUT2D eigenvalue weighted by Crippen LogP contribution is -2.43. The van der Waals surface area contributed by atoms with E-state index in [4.69, 9.17) is 0 Å². The number of nitrogens with one attached hydrogen (secondary N) is 1. The molecule has 0 radical (unpaired) electrons. The van der Waals surface area contributed by atoms with Crippen LogP contribution in [0.1, 0.15) is 27.0 Å². The van der Waals surface area contributed by atoms with E-state index in [1.807, 2.05) is 6.07 Å². The minimum absolute atomic E-state index is 0.0470. The van der Waals surface area contributed by atoms with Crippen LogP contribution in [0.2, 0.25) is 0 Å². The predicted octanol–water partition coefficient (Wildman–Crippen LogP) is 3.41. The van der Waals surface area contributed by atoms with Crippen molar-refractivity contribution in [3.63, 3.8) is 0 Å². The van der Waals surface area contributed by atoms with Crippen molar-refractivity contribution in [3.05, 3.63) is 107 Å². The lowest BCUT2D eigenvalue weighted by molar-refractivity contribution is -0.141. The Morgan fingerprint density at radius 3 is 1.97 bits per heavy atom. The fourth-order valence-corrected chi connectivity index (χ4v) is 3.02. The predicted molar refractivity (Wildman–Crippen MR) is 110 cm³/mol. The summed E-state index contributed by atoms with van der Waals surface area (Å²) >= 11 is 0. The van der Waals surface area contributed by atoms with Gasteiger partial charge in [0.2, 0.25) is 5.91 Å². The first-order chi connectivity index (χ1) is 14.4. The molecular weight excluding hydrogens is 385 g/mol. The summed E-state index contributed by atoms with van der Waals surface area (Å²) in [6, 6.07) is 19.8. The normalized spacial score (nSPS) is 11.5. The number of ketones is 1. The van der Waals surface area contributed by atoms with Gasteiger partial charge in [-0.2, -0.15) is 0 Å². The first kappa shape index (κ1) is 20.9. The number of carboxylic acid groups (broad SMARTS) is 1. The average Bonchev–Trinajstić information content (AvgIpc) is 2.75. The third-order valence-electron chi connectivity index (χ3n) is 4.60. The largest absolute Gasteiger partial charge is 0.480 e. The van der Waals surface area contributed by atoms with E-state index in [1.165, 1.54) is 24.3 Å². The summed E-state index contributed by atoms with van der Waals surface area (Å²) < 4.78 is 13.0. The smallest absolute Gasteiger partial charge is 0.326 e. The van der Waals surface area contributed by atoms with Crippen molar-refractivity contribution >= 4 is 17.7 Å². The molecule has 3 rings (SSSR count). The third kappa shape index (κ3) is 5.61. The van der Waals surface area contributed by atoms with Crippen molar-refractivity contribution in [2.75, 3.05) is 0 Å². The molecule has 0 aliphatic heterocycles. The van der Waals surface area contributed by atoms with Crippen LogP contribution in [0.25, 0.3) is 0 Å². The van der Waals surface area contributed by atoms with Gasteiger partial charge < -0.3 is 10.4 Å². The summed E-state index contributed by atoms with van der Waals surface area (Å²) in [4.78, 5) is 36.2. The van der Waals surface area contributed by atoms with Gasteiger partial charge in [0.15, 0.2) is 5.78 Å². The fraction of sp³-hybridized carbons (Fsp3) is 0.125. The molecular formula is C24H20FNO4. The molecule has 5 nitrogen and oxygen atoms in total. The van der Waals surface area contributed by atoms with Crippen LogP contribution >= 0.6 is 0 Å². The minimum atomic E-state index is -1.16. The lowest BCUT2D eigenvalue weighted by atomic mass is 9.99. The number of amides is 1. The third-order valence-corrected chi connectivity index (χ3v) is 4.60. The molecule has 0 saturated carbocycles. The molecule has 3 aromatic rings. The van der Waals surface area contributed by atoms with Gasteiger partial charge in [0.1, 0.15) is 11.9 Å². The second-order valence-electron chi connectivity index (χ2n) is 6.86. The number of hydrogen-bond acceptors (Lipinski definition) is 3. The van der Waals surface area contributed by atoms with Crippen LogP contribution in [0.4, 0.5) is 4.39 Å². The van der Waals surface area contributed by atoms with E-state index in [-0.39, 0.29) is 18.6 Å². The Hall–Kier alpha value is -3.80. The topological polar surface area (TPSA) is 83.5 Å². The Balaban J connectivity index is 1.63. The van der Waals surface area contributed by atoms with Gasteiger partial charge in [-0.05, 0) is 23.3 Å². The maximum atomic E-state index is 13.0. The monoisotopic (exact) mass is 405 g/mol. The molecule has 1 atom stereocenters. The highest BCUT2D eigenvalue weighted by Gasteiger charge is 2.21. The van der Waals surface area contributed by atoms with Gasteiger partial charge in [-0.3, -0.25) is 9.59 Å². The minimum Gasteiger partial charge on any atom is -0.480 e.